The molecular formula is C15H30N2O. The molecule has 2 atom stereocenters. The van der Waals surface area contributed by atoms with Crippen LogP contribution in [0, 0.1) is 23.7 Å². The van der Waals surface area contributed by atoms with E-state index in [1.807, 2.05) is 0 Å². The average Bonchev–Trinajstić information content (AvgIpc) is 2.54. The highest BCUT2D eigenvalue weighted by molar-refractivity contribution is 5.79. The molecule has 0 radical (unpaired) electrons. The van der Waals surface area contributed by atoms with E-state index in [9.17, 15) is 4.79 Å². The second kappa shape index (κ2) is 7.13. The molecule has 1 heterocycles. The van der Waals surface area contributed by atoms with E-state index >= 15 is 0 Å². The number of likely N-dealkylation sites (tertiary alicyclic amines) is 1. The van der Waals surface area contributed by atoms with Crippen LogP contribution in [0.4, 0.5) is 0 Å². The normalized spacial score (nSPS) is 23.3. The van der Waals surface area contributed by atoms with Crippen molar-refractivity contribution in [3.05, 3.63) is 0 Å². The van der Waals surface area contributed by atoms with Gasteiger partial charge in [0, 0.05) is 19.6 Å². The van der Waals surface area contributed by atoms with Gasteiger partial charge in [-0.3, -0.25) is 4.79 Å². The summed E-state index contributed by atoms with van der Waals surface area (Å²) in [5.41, 5.74) is 5.75. The maximum absolute atomic E-state index is 12.4. The summed E-state index contributed by atoms with van der Waals surface area (Å²) in [5.74, 6) is 2.12. The van der Waals surface area contributed by atoms with E-state index in [0.29, 0.717) is 12.5 Å². The monoisotopic (exact) mass is 254 g/mol. The van der Waals surface area contributed by atoms with Crippen LogP contribution in [0.5, 0.6) is 0 Å². The Bertz CT molecular complexity index is 263. The first kappa shape index (κ1) is 15.5. The number of hydrogen-bond donors (Lipinski definition) is 1. The summed E-state index contributed by atoms with van der Waals surface area (Å²) in [6.45, 7) is 11.1. The molecular weight excluding hydrogens is 224 g/mol. The van der Waals surface area contributed by atoms with Crippen molar-refractivity contribution in [1.82, 2.24) is 4.90 Å². The summed E-state index contributed by atoms with van der Waals surface area (Å²) in [4.78, 5) is 14.5. The fourth-order valence-electron chi connectivity index (χ4n) is 2.90. The van der Waals surface area contributed by atoms with Gasteiger partial charge in [0.15, 0.2) is 0 Å². The highest BCUT2D eigenvalue weighted by Crippen LogP contribution is 2.25. The molecule has 1 aliphatic heterocycles. The number of amides is 1. The molecule has 2 unspecified atom stereocenters. The van der Waals surface area contributed by atoms with Crippen molar-refractivity contribution in [3.8, 4) is 0 Å². The van der Waals surface area contributed by atoms with Crippen LogP contribution in [0.2, 0.25) is 0 Å². The van der Waals surface area contributed by atoms with Crippen LogP contribution < -0.4 is 5.73 Å². The van der Waals surface area contributed by atoms with Crippen LogP contribution in [-0.2, 0) is 4.79 Å². The Morgan fingerprint density at radius 2 is 1.89 bits per heavy atom. The molecule has 106 valence electrons. The molecule has 1 fully saturated rings. The molecule has 18 heavy (non-hydrogen) atoms. The zero-order chi connectivity index (χ0) is 13.7. The molecule has 0 aromatic carbocycles. The van der Waals surface area contributed by atoms with Gasteiger partial charge >= 0.3 is 0 Å². The van der Waals surface area contributed by atoms with Crippen LogP contribution in [0.25, 0.3) is 0 Å². The lowest BCUT2D eigenvalue weighted by Gasteiger charge is -2.27. The Morgan fingerprint density at radius 1 is 1.22 bits per heavy atom. The molecule has 3 heteroatoms. The van der Waals surface area contributed by atoms with E-state index in [-0.39, 0.29) is 11.8 Å². The maximum Gasteiger partial charge on any atom is 0.227 e. The topological polar surface area (TPSA) is 46.3 Å². The van der Waals surface area contributed by atoms with Crippen LogP contribution in [0.1, 0.15) is 47.0 Å². The zero-order valence-corrected chi connectivity index (χ0v) is 12.5. The first-order valence-electron chi connectivity index (χ1n) is 7.46. The summed E-state index contributed by atoms with van der Waals surface area (Å²) >= 11 is 0. The van der Waals surface area contributed by atoms with Crippen LogP contribution >= 0.6 is 0 Å². The fourth-order valence-corrected chi connectivity index (χ4v) is 2.90. The summed E-state index contributed by atoms with van der Waals surface area (Å²) in [5, 5.41) is 0. The predicted octanol–water partition coefficient (Wildman–Crippen LogP) is 2.50. The molecule has 3 nitrogen and oxygen atoms in total. The first-order valence-corrected chi connectivity index (χ1v) is 7.46. The number of nitrogens with two attached hydrogens (primary N) is 1. The lowest BCUT2D eigenvalue weighted by Crippen LogP contribution is -2.42. The predicted molar refractivity (Wildman–Crippen MR) is 76.1 cm³/mol. The smallest absolute Gasteiger partial charge is 0.227 e. The molecule has 1 aliphatic rings. The SMILES string of the molecule is CC(C)C1CCCN(C(=O)C(CN)C(C)C)CC1. The average molecular weight is 254 g/mol. The highest BCUT2D eigenvalue weighted by Gasteiger charge is 2.28. The summed E-state index contributed by atoms with van der Waals surface area (Å²) < 4.78 is 0. The van der Waals surface area contributed by atoms with E-state index in [2.05, 4.69) is 32.6 Å². The van der Waals surface area contributed by atoms with Gasteiger partial charge in [0.25, 0.3) is 0 Å². The summed E-state index contributed by atoms with van der Waals surface area (Å²) in [6, 6.07) is 0. The molecule has 1 saturated heterocycles. The van der Waals surface area contributed by atoms with Gasteiger partial charge in [0.1, 0.15) is 0 Å². The van der Waals surface area contributed by atoms with Crippen molar-refractivity contribution in [1.29, 1.82) is 0 Å². The van der Waals surface area contributed by atoms with Crippen molar-refractivity contribution >= 4 is 5.91 Å². The molecule has 0 bridgehead atoms. The number of carbonyl (C=O) groups is 1. The van der Waals surface area contributed by atoms with Crippen molar-refractivity contribution in [2.24, 2.45) is 29.4 Å². The zero-order valence-electron chi connectivity index (χ0n) is 12.5. The van der Waals surface area contributed by atoms with E-state index in [1.165, 1.54) is 6.42 Å². The third kappa shape index (κ3) is 3.98. The van der Waals surface area contributed by atoms with Gasteiger partial charge in [-0.1, -0.05) is 27.7 Å². The quantitative estimate of drug-likeness (QED) is 0.838. The minimum Gasteiger partial charge on any atom is -0.342 e. The third-order valence-corrected chi connectivity index (χ3v) is 4.40. The summed E-state index contributed by atoms with van der Waals surface area (Å²) in [7, 11) is 0. The Labute approximate surface area is 112 Å². The minimum atomic E-state index is 0.000556. The van der Waals surface area contributed by atoms with Gasteiger partial charge < -0.3 is 10.6 Å². The van der Waals surface area contributed by atoms with Gasteiger partial charge in [-0.2, -0.15) is 0 Å². The number of carbonyl (C=O) groups excluding carboxylic acids is 1. The second-order valence-corrected chi connectivity index (χ2v) is 6.35. The Balaban J connectivity index is 2.59. The second-order valence-electron chi connectivity index (χ2n) is 6.35. The Hall–Kier alpha value is -0.570. The van der Waals surface area contributed by atoms with E-state index < -0.39 is 0 Å². The van der Waals surface area contributed by atoms with Gasteiger partial charge in [-0.15, -0.1) is 0 Å². The highest BCUT2D eigenvalue weighted by atomic mass is 16.2. The van der Waals surface area contributed by atoms with E-state index in [0.717, 1.165) is 37.8 Å². The Morgan fingerprint density at radius 3 is 2.39 bits per heavy atom. The molecule has 2 N–H and O–H groups in total. The molecule has 1 amide bonds. The number of nitrogens with zero attached hydrogens (tertiary/aromatic N) is 1. The number of rotatable bonds is 4. The minimum absolute atomic E-state index is 0.000556. The van der Waals surface area contributed by atoms with Crippen molar-refractivity contribution in [2.75, 3.05) is 19.6 Å². The largest absolute Gasteiger partial charge is 0.342 e. The number of hydrogen-bond acceptors (Lipinski definition) is 2. The van der Waals surface area contributed by atoms with Gasteiger partial charge in [-0.05, 0) is 37.0 Å². The molecule has 0 saturated carbocycles. The van der Waals surface area contributed by atoms with Crippen LogP contribution in [0.3, 0.4) is 0 Å². The van der Waals surface area contributed by atoms with E-state index in [1.54, 1.807) is 0 Å². The van der Waals surface area contributed by atoms with Crippen LogP contribution in [-0.4, -0.2) is 30.4 Å². The third-order valence-electron chi connectivity index (χ3n) is 4.40. The standard InChI is InChI=1S/C15H30N2O/c1-11(2)13-6-5-8-17(9-7-13)15(18)14(10-16)12(3)4/h11-14H,5-10,16H2,1-4H3. The van der Waals surface area contributed by atoms with Gasteiger partial charge in [0.05, 0.1) is 5.92 Å². The first-order chi connectivity index (χ1) is 8.47. The Kier molecular flexibility index (Phi) is 6.13. The fraction of sp³-hybridized carbons (Fsp3) is 0.933. The molecule has 1 rings (SSSR count). The molecule has 0 aromatic rings. The molecule has 0 aliphatic carbocycles. The summed E-state index contributed by atoms with van der Waals surface area (Å²) in [6.07, 6.45) is 3.55. The van der Waals surface area contributed by atoms with Gasteiger partial charge in [0.2, 0.25) is 5.91 Å². The van der Waals surface area contributed by atoms with E-state index in [4.69, 9.17) is 5.73 Å². The van der Waals surface area contributed by atoms with Crippen molar-refractivity contribution in [2.45, 2.75) is 47.0 Å². The molecule has 0 spiro atoms. The molecule has 0 aromatic heterocycles. The van der Waals surface area contributed by atoms with Gasteiger partial charge in [-0.25, -0.2) is 0 Å². The lowest BCUT2D eigenvalue weighted by atomic mass is 9.89. The van der Waals surface area contributed by atoms with Crippen molar-refractivity contribution < 1.29 is 4.79 Å². The lowest BCUT2D eigenvalue weighted by molar-refractivity contribution is -0.136. The van der Waals surface area contributed by atoms with Crippen molar-refractivity contribution in [3.63, 3.8) is 0 Å². The van der Waals surface area contributed by atoms with Crippen LogP contribution in [0.15, 0.2) is 0 Å². The maximum atomic E-state index is 12.4.